The van der Waals surface area contributed by atoms with Gasteiger partial charge >= 0.3 is 0 Å². The van der Waals surface area contributed by atoms with Gasteiger partial charge in [-0.1, -0.05) is 62.4 Å². The van der Waals surface area contributed by atoms with Gasteiger partial charge in [-0.05, 0) is 30.4 Å². The highest BCUT2D eigenvalue weighted by Crippen LogP contribution is 2.33. The van der Waals surface area contributed by atoms with Crippen molar-refractivity contribution in [3.05, 3.63) is 71.0 Å². The SMILES string of the molecule is COC(CN(Cc1ccccc1)C(=O)CCOCCc1cccc(CN2CCC3(CC2)CN(C(=O)C2CSC(C(C)C)=N2)CCO3)c1F)OC. The number of ether oxygens (including phenoxy) is 4. The Kier molecular flexibility index (Phi) is 14.2. The van der Waals surface area contributed by atoms with Crippen molar-refractivity contribution in [2.45, 2.75) is 70.6 Å². The maximum atomic E-state index is 15.6. The Bertz CT molecular complexity index is 1430. The summed E-state index contributed by atoms with van der Waals surface area (Å²) in [4.78, 5) is 37.1. The van der Waals surface area contributed by atoms with Gasteiger partial charge in [0.05, 0.1) is 43.4 Å². The molecule has 1 unspecified atom stereocenters. The highest BCUT2D eigenvalue weighted by molar-refractivity contribution is 8.14. The lowest BCUT2D eigenvalue weighted by molar-refractivity contribution is -0.160. The van der Waals surface area contributed by atoms with Crippen LogP contribution in [0.3, 0.4) is 0 Å². The van der Waals surface area contributed by atoms with E-state index < -0.39 is 6.29 Å². The summed E-state index contributed by atoms with van der Waals surface area (Å²) in [7, 11) is 3.10. The summed E-state index contributed by atoms with van der Waals surface area (Å²) in [5, 5.41) is 1.07. The number of thioether (sulfide) groups is 1. The molecule has 0 aliphatic carbocycles. The Morgan fingerprint density at radius 2 is 1.78 bits per heavy atom. The number of hydrogen-bond acceptors (Lipinski definition) is 9. The third-order valence-electron chi connectivity index (χ3n) is 9.77. The topological polar surface area (TPSA) is 93.1 Å². The Morgan fingerprint density at radius 3 is 2.48 bits per heavy atom. The van der Waals surface area contributed by atoms with E-state index in [4.69, 9.17) is 23.9 Å². The van der Waals surface area contributed by atoms with Crippen LogP contribution in [0.5, 0.6) is 0 Å². The molecule has 2 aromatic carbocycles. The van der Waals surface area contributed by atoms with Gasteiger partial charge in [0.2, 0.25) is 11.8 Å². The maximum Gasteiger partial charge on any atom is 0.248 e. The number of aliphatic imine (C=N–C) groups is 1. The quantitative estimate of drug-likeness (QED) is 0.182. The van der Waals surface area contributed by atoms with Crippen LogP contribution in [0.2, 0.25) is 0 Å². The number of rotatable bonds is 16. The van der Waals surface area contributed by atoms with Gasteiger partial charge in [0.25, 0.3) is 0 Å². The Balaban J connectivity index is 1.06. The van der Waals surface area contributed by atoms with E-state index >= 15 is 4.39 Å². The van der Waals surface area contributed by atoms with E-state index in [9.17, 15) is 9.59 Å². The van der Waals surface area contributed by atoms with E-state index in [0.717, 1.165) is 42.3 Å². The smallest absolute Gasteiger partial charge is 0.248 e. The zero-order valence-corrected chi connectivity index (χ0v) is 30.8. The third kappa shape index (κ3) is 10.4. The predicted octanol–water partition coefficient (Wildman–Crippen LogP) is 4.79. The van der Waals surface area contributed by atoms with Crippen molar-refractivity contribution < 1.29 is 32.9 Å². The molecule has 3 aliphatic heterocycles. The van der Waals surface area contributed by atoms with Crippen LogP contribution < -0.4 is 0 Å². The van der Waals surface area contributed by atoms with Crippen LogP contribution in [0.25, 0.3) is 0 Å². The van der Waals surface area contributed by atoms with Crippen LogP contribution in [0.1, 0.15) is 49.8 Å². The largest absolute Gasteiger partial charge is 0.381 e. The first kappa shape index (κ1) is 38.4. The molecule has 12 heteroatoms. The first-order valence-corrected chi connectivity index (χ1v) is 18.8. The molecule has 0 radical (unpaired) electrons. The van der Waals surface area contributed by atoms with E-state index in [2.05, 4.69) is 18.7 Å². The number of hydrogen-bond donors (Lipinski definition) is 0. The molecular formula is C38H53FN4O6S. The minimum Gasteiger partial charge on any atom is -0.381 e. The Labute approximate surface area is 300 Å². The van der Waals surface area contributed by atoms with Gasteiger partial charge in [-0.15, -0.1) is 11.8 Å². The number of amides is 2. The number of likely N-dealkylation sites (tertiary alicyclic amines) is 1. The molecule has 2 aromatic rings. The third-order valence-corrected chi connectivity index (χ3v) is 11.1. The second-order valence-corrected chi connectivity index (χ2v) is 14.7. The number of piperidine rings is 1. The fourth-order valence-corrected chi connectivity index (χ4v) is 7.85. The van der Waals surface area contributed by atoms with Crippen LogP contribution in [0, 0.1) is 11.7 Å². The molecular weight excluding hydrogens is 660 g/mol. The van der Waals surface area contributed by atoms with Gasteiger partial charge < -0.3 is 28.7 Å². The van der Waals surface area contributed by atoms with Crippen LogP contribution in [0.15, 0.2) is 53.5 Å². The zero-order valence-electron chi connectivity index (χ0n) is 30.0. The number of morpholine rings is 1. The molecule has 0 N–H and O–H groups in total. The maximum absolute atomic E-state index is 15.6. The zero-order chi connectivity index (χ0) is 35.5. The lowest BCUT2D eigenvalue weighted by Crippen LogP contribution is -2.59. The molecule has 0 saturated carbocycles. The number of nitrogens with zero attached hydrogens (tertiary/aromatic N) is 4. The summed E-state index contributed by atoms with van der Waals surface area (Å²) in [6.45, 7) is 9.32. The normalized spacial score (nSPS) is 19.4. The van der Waals surface area contributed by atoms with Crippen molar-refractivity contribution in [3.63, 3.8) is 0 Å². The molecule has 0 bridgehead atoms. The highest BCUT2D eigenvalue weighted by atomic mass is 32.2. The summed E-state index contributed by atoms with van der Waals surface area (Å²) in [6, 6.07) is 15.0. The van der Waals surface area contributed by atoms with E-state index in [1.807, 2.05) is 47.4 Å². The molecule has 1 atom stereocenters. The fourth-order valence-electron chi connectivity index (χ4n) is 6.77. The van der Waals surface area contributed by atoms with Crippen molar-refractivity contribution in [1.82, 2.24) is 14.7 Å². The minimum absolute atomic E-state index is 0.0651. The first-order valence-electron chi connectivity index (χ1n) is 17.8. The standard InChI is InChI=1S/C38H53FN4O6S/c1-28(2)36-40-32(26-50-36)37(45)42-19-22-49-38(27-42)15-17-41(18-16-38)24-31-12-8-11-30(35(31)39)13-20-48-21-14-33(44)43(25-34(46-3)47-4)23-29-9-6-5-7-10-29/h5-12,28,32,34H,13-27H2,1-4H3. The van der Waals surface area contributed by atoms with Crippen LogP contribution in [0.4, 0.5) is 4.39 Å². The first-order chi connectivity index (χ1) is 24.2. The Morgan fingerprint density at radius 1 is 1.04 bits per heavy atom. The summed E-state index contributed by atoms with van der Waals surface area (Å²) >= 11 is 1.70. The van der Waals surface area contributed by atoms with Crippen molar-refractivity contribution in [2.75, 3.05) is 72.5 Å². The van der Waals surface area contributed by atoms with Gasteiger partial charge in [-0.3, -0.25) is 19.5 Å². The van der Waals surface area contributed by atoms with Crippen LogP contribution >= 0.6 is 11.8 Å². The van der Waals surface area contributed by atoms with E-state index in [0.29, 0.717) is 69.4 Å². The average molecular weight is 713 g/mol. The van der Waals surface area contributed by atoms with Gasteiger partial charge in [-0.2, -0.15) is 0 Å². The average Bonchev–Trinajstić information content (AvgIpc) is 3.63. The highest BCUT2D eigenvalue weighted by Gasteiger charge is 2.42. The Hall–Kier alpha value is -2.87. The predicted molar refractivity (Wildman–Crippen MR) is 193 cm³/mol. The van der Waals surface area contributed by atoms with Crippen LogP contribution in [-0.2, 0) is 48.0 Å². The monoisotopic (exact) mass is 712 g/mol. The van der Waals surface area contributed by atoms with E-state index in [-0.39, 0.29) is 42.3 Å². The molecule has 2 amide bonds. The van der Waals surface area contributed by atoms with Crippen molar-refractivity contribution >= 4 is 28.6 Å². The number of methoxy groups -OCH3 is 2. The van der Waals surface area contributed by atoms with E-state index in [1.54, 1.807) is 36.9 Å². The summed E-state index contributed by atoms with van der Waals surface area (Å²) < 4.78 is 38.4. The molecule has 2 fully saturated rings. The number of halogens is 1. The molecule has 0 aromatic heterocycles. The van der Waals surface area contributed by atoms with Gasteiger partial charge in [0.1, 0.15) is 11.9 Å². The fraction of sp³-hybridized carbons (Fsp3) is 0.605. The van der Waals surface area contributed by atoms with Crippen molar-refractivity contribution in [1.29, 1.82) is 0 Å². The molecule has 3 aliphatic rings. The summed E-state index contributed by atoms with van der Waals surface area (Å²) in [5.41, 5.74) is 1.93. The molecule has 274 valence electrons. The summed E-state index contributed by atoms with van der Waals surface area (Å²) in [5.74, 6) is 0.913. The molecule has 5 rings (SSSR count). The summed E-state index contributed by atoms with van der Waals surface area (Å²) in [6.07, 6.45) is 1.69. The second-order valence-electron chi connectivity index (χ2n) is 13.7. The van der Waals surface area contributed by atoms with Crippen molar-refractivity contribution in [2.24, 2.45) is 10.9 Å². The second kappa shape index (κ2) is 18.6. The minimum atomic E-state index is -0.527. The lowest BCUT2D eigenvalue weighted by atomic mass is 9.89. The van der Waals surface area contributed by atoms with E-state index in [1.165, 1.54) is 0 Å². The molecule has 3 heterocycles. The van der Waals surface area contributed by atoms with Crippen LogP contribution in [-0.4, -0.2) is 122 Å². The van der Waals surface area contributed by atoms with Crippen molar-refractivity contribution in [3.8, 4) is 0 Å². The molecule has 1 spiro atoms. The molecule has 50 heavy (non-hydrogen) atoms. The van der Waals surface area contributed by atoms with Gasteiger partial charge in [-0.25, -0.2) is 4.39 Å². The molecule has 10 nitrogen and oxygen atoms in total. The van der Waals surface area contributed by atoms with Gasteiger partial charge in [0, 0.05) is 70.7 Å². The molecule has 2 saturated heterocycles. The lowest BCUT2D eigenvalue weighted by Gasteiger charge is -2.47. The number of carbonyl (C=O) groups is 2. The number of carbonyl (C=O) groups excluding carboxylic acids is 2. The number of benzene rings is 2. The van der Waals surface area contributed by atoms with Gasteiger partial charge in [0.15, 0.2) is 6.29 Å².